The standard InChI is InChI=1S/C10H20N4/c1-4-5-8(2)9(13-11)10-12-6-7-14(10)3/h6-9,13H,4-5,11H2,1-3H3. The zero-order chi connectivity index (χ0) is 10.6. The van der Waals surface area contributed by atoms with Crippen LogP contribution in [0.4, 0.5) is 0 Å². The molecule has 2 unspecified atom stereocenters. The average Bonchev–Trinajstić information content (AvgIpc) is 2.54. The lowest BCUT2D eigenvalue weighted by atomic mass is 9.97. The van der Waals surface area contributed by atoms with Crippen LogP contribution in [0.2, 0.25) is 0 Å². The summed E-state index contributed by atoms with van der Waals surface area (Å²) in [4.78, 5) is 4.31. The molecule has 0 saturated carbocycles. The molecular formula is C10H20N4. The highest BCUT2D eigenvalue weighted by Crippen LogP contribution is 2.22. The molecule has 14 heavy (non-hydrogen) atoms. The number of nitrogens with zero attached hydrogens (tertiary/aromatic N) is 2. The van der Waals surface area contributed by atoms with E-state index in [2.05, 4.69) is 24.3 Å². The summed E-state index contributed by atoms with van der Waals surface area (Å²) in [6.07, 6.45) is 6.07. The van der Waals surface area contributed by atoms with Crippen molar-refractivity contribution in [1.29, 1.82) is 0 Å². The molecule has 4 heteroatoms. The van der Waals surface area contributed by atoms with E-state index in [9.17, 15) is 0 Å². The SMILES string of the molecule is CCCC(C)C(NN)c1nccn1C. The number of aromatic nitrogens is 2. The second kappa shape index (κ2) is 5.12. The topological polar surface area (TPSA) is 55.9 Å². The maximum Gasteiger partial charge on any atom is 0.127 e. The Morgan fingerprint density at radius 1 is 1.64 bits per heavy atom. The van der Waals surface area contributed by atoms with Gasteiger partial charge in [-0.2, -0.15) is 0 Å². The zero-order valence-corrected chi connectivity index (χ0v) is 9.20. The molecule has 0 aromatic carbocycles. The third kappa shape index (κ3) is 2.33. The van der Waals surface area contributed by atoms with Crippen molar-refractivity contribution in [2.24, 2.45) is 18.8 Å². The van der Waals surface area contributed by atoms with Crippen LogP contribution in [-0.4, -0.2) is 9.55 Å². The Morgan fingerprint density at radius 2 is 2.36 bits per heavy atom. The van der Waals surface area contributed by atoms with Gasteiger partial charge in [0.1, 0.15) is 5.82 Å². The molecule has 0 saturated heterocycles. The van der Waals surface area contributed by atoms with Crippen LogP contribution in [-0.2, 0) is 7.05 Å². The first kappa shape index (κ1) is 11.2. The van der Waals surface area contributed by atoms with E-state index in [1.165, 1.54) is 6.42 Å². The third-order valence-corrected chi connectivity index (χ3v) is 2.63. The van der Waals surface area contributed by atoms with Crippen LogP contribution in [0.5, 0.6) is 0 Å². The minimum Gasteiger partial charge on any atom is -0.337 e. The first-order valence-electron chi connectivity index (χ1n) is 5.14. The van der Waals surface area contributed by atoms with E-state index in [1.807, 2.05) is 17.8 Å². The normalized spacial score (nSPS) is 15.4. The molecule has 0 aliphatic heterocycles. The molecular weight excluding hydrogens is 176 g/mol. The maximum atomic E-state index is 5.56. The number of nitrogens with two attached hydrogens (primary N) is 1. The van der Waals surface area contributed by atoms with Gasteiger partial charge in [0.05, 0.1) is 6.04 Å². The number of nitrogens with one attached hydrogen (secondary N) is 1. The predicted octanol–water partition coefficient (Wildman–Crippen LogP) is 1.36. The molecule has 1 aromatic heterocycles. The number of rotatable bonds is 5. The van der Waals surface area contributed by atoms with E-state index < -0.39 is 0 Å². The van der Waals surface area contributed by atoms with Crippen molar-refractivity contribution in [1.82, 2.24) is 15.0 Å². The largest absolute Gasteiger partial charge is 0.337 e. The smallest absolute Gasteiger partial charge is 0.127 e. The molecule has 0 radical (unpaired) electrons. The van der Waals surface area contributed by atoms with Crippen LogP contribution in [0.3, 0.4) is 0 Å². The molecule has 0 aliphatic carbocycles. The van der Waals surface area contributed by atoms with Crippen molar-refractivity contribution < 1.29 is 0 Å². The number of imidazole rings is 1. The molecule has 0 amide bonds. The van der Waals surface area contributed by atoms with Crippen molar-refractivity contribution in [2.75, 3.05) is 0 Å². The van der Waals surface area contributed by atoms with Gasteiger partial charge in [-0.05, 0) is 12.3 Å². The summed E-state index contributed by atoms with van der Waals surface area (Å²) >= 11 is 0. The molecule has 1 aromatic rings. The molecule has 2 atom stereocenters. The summed E-state index contributed by atoms with van der Waals surface area (Å²) in [5, 5.41) is 0. The first-order chi connectivity index (χ1) is 6.70. The monoisotopic (exact) mass is 196 g/mol. The fraction of sp³-hybridized carbons (Fsp3) is 0.700. The second-order valence-corrected chi connectivity index (χ2v) is 3.81. The molecule has 3 N–H and O–H groups in total. The van der Waals surface area contributed by atoms with Crippen LogP contribution >= 0.6 is 0 Å². The minimum atomic E-state index is 0.148. The highest BCUT2D eigenvalue weighted by atomic mass is 15.3. The van der Waals surface area contributed by atoms with Gasteiger partial charge in [-0.3, -0.25) is 5.84 Å². The molecule has 0 bridgehead atoms. The van der Waals surface area contributed by atoms with Crippen molar-refractivity contribution in [3.8, 4) is 0 Å². The fourth-order valence-corrected chi connectivity index (χ4v) is 1.79. The lowest BCUT2D eigenvalue weighted by molar-refractivity contribution is 0.348. The molecule has 1 heterocycles. The van der Waals surface area contributed by atoms with Crippen LogP contribution in [0.15, 0.2) is 12.4 Å². The Bertz CT molecular complexity index is 269. The zero-order valence-electron chi connectivity index (χ0n) is 9.20. The van der Waals surface area contributed by atoms with Gasteiger partial charge in [0.15, 0.2) is 0 Å². The van der Waals surface area contributed by atoms with E-state index in [-0.39, 0.29) is 6.04 Å². The van der Waals surface area contributed by atoms with Crippen molar-refractivity contribution in [2.45, 2.75) is 32.7 Å². The van der Waals surface area contributed by atoms with Crippen molar-refractivity contribution >= 4 is 0 Å². The Hall–Kier alpha value is -0.870. The van der Waals surface area contributed by atoms with Crippen LogP contribution < -0.4 is 11.3 Å². The van der Waals surface area contributed by atoms with E-state index in [0.717, 1.165) is 12.2 Å². The number of hydrogen-bond acceptors (Lipinski definition) is 3. The lowest BCUT2D eigenvalue weighted by Gasteiger charge is -2.22. The molecule has 0 aliphatic rings. The van der Waals surface area contributed by atoms with Gasteiger partial charge in [-0.25, -0.2) is 10.4 Å². The summed E-state index contributed by atoms with van der Waals surface area (Å²) in [5.41, 5.74) is 2.85. The van der Waals surface area contributed by atoms with Crippen molar-refractivity contribution in [3.63, 3.8) is 0 Å². The van der Waals surface area contributed by atoms with Gasteiger partial charge < -0.3 is 4.57 Å². The number of hydrazine groups is 1. The summed E-state index contributed by atoms with van der Waals surface area (Å²) in [5.74, 6) is 7.07. The van der Waals surface area contributed by atoms with Gasteiger partial charge >= 0.3 is 0 Å². The maximum absolute atomic E-state index is 5.56. The van der Waals surface area contributed by atoms with E-state index in [1.54, 1.807) is 6.20 Å². The quantitative estimate of drug-likeness (QED) is 0.552. The minimum absolute atomic E-state index is 0.148. The van der Waals surface area contributed by atoms with Crippen LogP contribution in [0.25, 0.3) is 0 Å². The Morgan fingerprint density at radius 3 is 2.79 bits per heavy atom. The first-order valence-corrected chi connectivity index (χ1v) is 5.14. The van der Waals surface area contributed by atoms with Gasteiger partial charge in [0.2, 0.25) is 0 Å². The van der Waals surface area contributed by atoms with Crippen molar-refractivity contribution in [3.05, 3.63) is 18.2 Å². The third-order valence-electron chi connectivity index (χ3n) is 2.63. The summed E-state index contributed by atoms with van der Waals surface area (Å²) < 4.78 is 2.01. The molecule has 1 rings (SSSR count). The average molecular weight is 196 g/mol. The molecule has 0 fully saturated rings. The summed E-state index contributed by atoms with van der Waals surface area (Å²) in [6.45, 7) is 4.38. The van der Waals surface area contributed by atoms with E-state index in [4.69, 9.17) is 5.84 Å². The van der Waals surface area contributed by atoms with Gasteiger partial charge in [-0.1, -0.05) is 20.3 Å². The number of aryl methyl sites for hydroxylation is 1. The van der Waals surface area contributed by atoms with E-state index >= 15 is 0 Å². The molecule has 0 spiro atoms. The second-order valence-electron chi connectivity index (χ2n) is 3.81. The molecule has 80 valence electrons. The van der Waals surface area contributed by atoms with Gasteiger partial charge in [-0.15, -0.1) is 0 Å². The lowest BCUT2D eigenvalue weighted by Crippen LogP contribution is -2.34. The Balaban J connectivity index is 2.76. The fourth-order valence-electron chi connectivity index (χ4n) is 1.79. The highest BCUT2D eigenvalue weighted by molar-refractivity contribution is 4.99. The Kier molecular flexibility index (Phi) is 4.10. The summed E-state index contributed by atoms with van der Waals surface area (Å²) in [7, 11) is 1.99. The Labute approximate surface area is 85.5 Å². The predicted molar refractivity (Wildman–Crippen MR) is 57.3 cm³/mol. The van der Waals surface area contributed by atoms with E-state index in [0.29, 0.717) is 5.92 Å². The highest BCUT2D eigenvalue weighted by Gasteiger charge is 2.20. The molecule has 4 nitrogen and oxygen atoms in total. The van der Waals surface area contributed by atoms with Crippen LogP contribution in [0, 0.1) is 5.92 Å². The van der Waals surface area contributed by atoms with Crippen LogP contribution in [0.1, 0.15) is 38.6 Å². The summed E-state index contributed by atoms with van der Waals surface area (Å²) in [6, 6.07) is 0.148. The van der Waals surface area contributed by atoms with Gasteiger partial charge in [0, 0.05) is 19.4 Å². The van der Waals surface area contributed by atoms with Gasteiger partial charge in [0.25, 0.3) is 0 Å². The number of hydrogen-bond donors (Lipinski definition) is 2.